The summed E-state index contributed by atoms with van der Waals surface area (Å²) < 4.78 is 0. The van der Waals surface area contributed by atoms with Crippen molar-refractivity contribution in [2.24, 2.45) is 5.73 Å². The van der Waals surface area contributed by atoms with Crippen LogP contribution in [0.2, 0.25) is 0 Å². The zero-order valence-corrected chi connectivity index (χ0v) is 11.4. The van der Waals surface area contributed by atoms with E-state index in [0.29, 0.717) is 0 Å². The van der Waals surface area contributed by atoms with Crippen LogP contribution >= 0.6 is 11.8 Å². The van der Waals surface area contributed by atoms with Gasteiger partial charge in [0.2, 0.25) is 0 Å². The van der Waals surface area contributed by atoms with Gasteiger partial charge in [0.15, 0.2) is 0 Å². The van der Waals surface area contributed by atoms with Crippen LogP contribution in [0.5, 0.6) is 0 Å². The Morgan fingerprint density at radius 3 is 2.71 bits per heavy atom. The summed E-state index contributed by atoms with van der Waals surface area (Å²) in [5.41, 5.74) is 10.1. The molecule has 1 aliphatic heterocycles. The largest absolute Gasteiger partial charge is 0.370 e. The summed E-state index contributed by atoms with van der Waals surface area (Å²) in [6, 6.07) is 6.70. The maximum Gasteiger partial charge on any atom is 0.0402 e. The Bertz CT molecular complexity index is 359. The van der Waals surface area contributed by atoms with E-state index < -0.39 is 0 Å². The van der Waals surface area contributed by atoms with Gasteiger partial charge in [0, 0.05) is 30.3 Å². The van der Waals surface area contributed by atoms with E-state index in [0.717, 1.165) is 19.4 Å². The summed E-state index contributed by atoms with van der Waals surface area (Å²) in [6.07, 6.45) is 2.11. The Hall–Kier alpha value is -0.670. The lowest BCUT2D eigenvalue weighted by Gasteiger charge is -2.31. The molecule has 0 spiro atoms. The fraction of sp³-hybridized carbons (Fsp3) is 0.571. The number of thioether (sulfide) groups is 1. The molecule has 3 heteroatoms. The van der Waals surface area contributed by atoms with Crippen LogP contribution in [0.15, 0.2) is 18.2 Å². The van der Waals surface area contributed by atoms with Crippen LogP contribution < -0.4 is 10.6 Å². The third-order valence-electron chi connectivity index (χ3n) is 3.38. The second-order valence-electron chi connectivity index (χ2n) is 4.41. The van der Waals surface area contributed by atoms with Gasteiger partial charge in [-0.1, -0.05) is 19.1 Å². The van der Waals surface area contributed by atoms with Crippen molar-refractivity contribution in [2.45, 2.75) is 19.8 Å². The Morgan fingerprint density at radius 1 is 1.29 bits per heavy atom. The molecule has 0 bridgehead atoms. The number of nitrogens with zero attached hydrogens (tertiary/aromatic N) is 1. The predicted octanol–water partition coefficient (Wildman–Crippen LogP) is 2.30. The van der Waals surface area contributed by atoms with E-state index in [2.05, 4.69) is 41.8 Å². The first-order chi connectivity index (χ1) is 8.36. The molecule has 1 aromatic rings. The van der Waals surface area contributed by atoms with Crippen molar-refractivity contribution in [1.29, 1.82) is 0 Å². The second-order valence-corrected chi connectivity index (χ2v) is 5.63. The molecule has 0 saturated carbocycles. The summed E-state index contributed by atoms with van der Waals surface area (Å²) in [7, 11) is 0. The number of rotatable bonds is 4. The number of aryl methyl sites for hydroxylation is 1. The molecule has 2 N–H and O–H groups in total. The Kier molecular flexibility index (Phi) is 4.75. The zero-order chi connectivity index (χ0) is 12.1. The molecule has 17 heavy (non-hydrogen) atoms. The van der Waals surface area contributed by atoms with Crippen molar-refractivity contribution in [3.05, 3.63) is 29.3 Å². The van der Waals surface area contributed by atoms with Crippen LogP contribution in [0.4, 0.5) is 5.69 Å². The first-order valence-corrected chi connectivity index (χ1v) is 7.65. The van der Waals surface area contributed by atoms with E-state index in [1.165, 1.54) is 41.4 Å². The third kappa shape index (κ3) is 2.96. The molecule has 0 radical (unpaired) electrons. The molecule has 1 aliphatic rings. The molecule has 1 heterocycles. The fourth-order valence-electron chi connectivity index (χ4n) is 2.49. The first-order valence-electron chi connectivity index (χ1n) is 6.50. The molecule has 0 unspecified atom stereocenters. The lowest BCUT2D eigenvalue weighted by Crippen LogP contribution is -2.33. The monoisotopic (exact) mass is 250 g/mol. The average Bonchev–Trinajstić information content (AvgIpc) is 2.40. The quantitative estimate of drug-likeness (QED) is 0.889. The van der Waals surface area contributed by atoms with Gasteiger partial charge < -0.3 is 10.6 Å². The molecular weight excluding hydrogens is 228 g/mol. The van der Waals surface area contributed by atoms with Gasteiger partial charge in [-0.3, -0.25) is 0 Å². The predicted molar refractivity (Wildman–Crippen MR) is 78.1 cm³/mol. The van der Waals surface area contributed by atoms with E-state index in [-0.39, 0.29) is 0 Å². The second kappa shape index (κ2) is 6.31. The van der Waals surface area contributed by atoms with Crippen molar-refractivity contribution in [3.63, 3.8) is 0 Å². The van der Waals surface area contributed by atoms with Crippen LogP contribution in [0.25, 0.3) is 0 Å². The molecule has 0 atom stereocenters. The topological polar surface area (TPSA) is 29.3 Å². The summed E-state index contributed by atoms with van der Waals surface area (Å²) in [6.45, 7) is 5.32. The molecule has 0 amide bonds. The van der Waals surface area contributed by atoms with Crippen molar-refractivity contribution >= 4 is 17.4 Å². The standard InChI is InChI=1S/C14H22N2S/c1-2-12-4-3-5-14(13(12)6-7-15)16-8-10-17-11-9-16/h3-5H,2,6-11,15H2,1H3. The molecule has 94 valence electrons. The van der Waals surface area contributed by atoms with Gasteiger partial charge in [-0.05, 0) is 36.6 Å². The van der Waals surface area contributed by atoms with E-state index in [1.54, 1.807) is 0 Å². The van der Waals surface area contributed by atoms with Crippen LogP contribution in [0.1, 0.15) is 18.1 Å². The lowest BCUT2D eigenvalue weighted by atomic mass is 9.99. The normalized spacial score (nSPS) is 16.2. The van der Waals surface area contributed by atoms with E-state index in [9.17, 15) is 0 Å². The Morgan fingerprint density at radius 2 is 2.06 bits per heavy atom. The molecule has 1 fully saturated rings. The number of hydrogen-bond acceptors (Lipinski definition) is 3. The SMILES string of the molecule is CCc1cccc(N2CCSCC2)c1CCN. The van der Waals surface area contributed by atoms with Crippen LogP contribution in [0.3, 0.4) is 0 Å². The number of nitrogens with two attached hydrogens (primary N) is 1. The van der Waals surface area contributed by atoms with Gasteiger partial charge >= 0.3 is 0 Å². The van der Waals surface area contributed by atoms with Crippen LogP contribution in [-0.4, -0.2) is 31.1 Å². The van der Waals surface area contributed by atoms with Gasteiger partial charge in [-0.15, -0.1) is 0 Å². The van der Waals surface area contributed by atoms with Gasteiger partial charge in [0.05, 0.1) is 0 Å². The van der Waals surface area contributed by atoms with Crippen LogP contribution in [0, 0.1) is 0 Å². The molecule has 2 rings (SSSR count). The maximum absolute atomic E-state index is 5.76. The highest BCUT2D eigenvalue weighted by Crippen LogP contribution is 2.27. The summed E-state index contributed by atoms with van der Waals surface area (Å²) in [5.74, 6) is 2.50. The first kappa shape index (κ1) is 12.8. The highest BCUT2D eigenvalue weighted by atomic mass is 32.2. The van der Waals surface area contributed by atoms with Gasteiger partial charge in [-0.2, -0.15) is 11.8 Å². The van der Waals surface area contributed by atoms with E-state index in [4.69, 9.17) is 5.73 Å². The summed E-state index contributed by atoms with van der Waals surface area (Å²) in [4.78, 5) is 2.53. The molecule has 0 aromatic heterocycles. The molecule has 0 aliphatic carbocycles. The van der Waals surface area contributed by atoms with Crippen molar-refractivity contribution in [1.82, 2.24) is 0 Å². The Labute approximate surface area is 109 Å². The zero-order valence-electron chi connectivity index (χ0n) is 10.6. The summed E-state index contributed by atoms with van der Waals surface area (Å²) in [5, 5.41) is 0. The maximum atomic E-state index is 5.76. The minimum absolute atomic E-state index is 0.743. The van der Waals surface area contributed by atoms with Gasteiger partial charge in [0.25, 0.3) is 0 Å². The highest BCUT2D eigenvalue weighted by molar-refractivity contribution is 7.99. The molecule has 1 saturated heterocycles. The minimum atomic E-state index is 0.743. The van der Waals surface area contributed by atoms with Crippen LogP contribution in [-0.2, 0) is 12.8 Å². The van der Waals surface area contributed by atoms with E-state index in [1.807, 2.05) is 0 Å². The fourth-order valence-corrected chi connectivity index (χ4v) is 3.39. The highest BCUT2D eigenvalue weighted by Gasteiger charge is 2.15. The molecule has 2 nitrogen and oxygen atoms in total. The van der Waals surface area contributed by atoms with Crippen molar-refractivity contribution in [2.75, 3.05) is 36.0 Å². The Balaban J connectivity index is 2.30. The summed E-state index contributed by atoms with van der Waals surface area (Å²) >= 11 is 2.06. The minimum Gasteiger partial charge on any atom is -0.370 e. The molecule has 1 aromatic carbocycles. The number of benzene rings is 1. The van der Waals surface area contributed by atoms with Gasteiger partial charge in [0.1, 0.15) is 0 Å². The van der Waals surface area contributed by atoms with E-state index >= 15 is 0 Å². The smallest absolute Gasteiger partial charge is 0.0402 e. The van der Waals surface area contributed by atoms with Crippen molar-refractivity contribution in [3.8, 4) is 0 Å². The van der Waals surface area contributed by atoms with Gasteiger partial charge in [-0.25, -0.2) is 0 Å². The number of hydrogen-bond donors (Lipinski definition) is 1. The third-order valence-corrected chi connectivity index (χ3v) is 4.32. The van der Waals surface area contributed by atoms with Crippen molar-refractivity contribution < 1.29 is 0 Å². The average molecular weight is 250 g/mol. The number of anilines is 1. The molecular formula is C14H22N2S. The lowest BCUT2D eigenvalue weighted by molar-refractivity contribution is 0.836.